The average molecular weight is 275 g/mol. The normalized spacial score (nSPS) is 14.2. The minimum atomic E-state index is -1.08. The van der Waals surface area contributed by atoms with Gasteiger partial charge in [-0.15, -0.1) is 0 Å². The Bertz CT molecular complexity index is 523. The molecule has 108 valence electrons. The Morgan fingerprint density at radius 1 is 1.25 bits per heavy atom. The van der Waals surface area contributed by atoms with Gasteiger partial charge in [0.1, 0.15) is 0 Å². The van der Waals surface area contributed by atoms with Gasteiger partial charge in [0.15, 0.2) is 0 Å². The fourth-order valence-electron chi connectivity index (χ4n) is 1.89. The second-order valence-corrected chi connectivity index (χ2v) is 5.29. The maximum Gasteiger partial charge on any atom is 0.0972 e. The number of hydrogen-bond acceptors (Lipinski definition) is 4. The SMILES string of the molecule is CC(O)(CO)CNCc1cnn(Cc2ccccc2)c1. The van der Waals surface area contributed by atoms with Gasteiger partial charge < -0.3 is 15.5 Å². The molecule has 1 atom stereocenters. The number of aromatic nitrogens is 2. The highest BCUT2D eigenvalue weighted by Gasteiger charge is 2.17. The Morgan fingerprint density at radius 3 is 2.70 bits per heavy atom. The molecule has 0 spiro atoms. The van der Waals surface area contributed by atoms with Gasteiger partial charge in [-0.2, -0.15) is 5.10 Å². The molecule has 0 aliphatic carbocycles. The number of rotatable bonds is 7. The Labute approximate surface area is 118 Å². The molecular formula is C15H21N3O2. The lowest BCUT2D eigenvalue weighted by Crippen LogP contribution is -2.40. The molecule has 3 N–H and O–H groups in total. The van der Waals surface area contributed by atoms with Crippen LogP contribution in [0.5, 0.6) is 0 Å². The van der Waals surface area contributed by atoms with Crippen molar-refractivity contribution in [3.05, 3.63) is 53.9 Å². The molecule has 0 fully saturated rings. The van der Waals surface area contributed by atoms with Crippen LogP contribution in [0.2, 0.25) is 0 Å². The lowest BCUT2D eigenvalue weighted by molar-refractivity contribution is 0.00254. The molecule has 20 heavy (non-hydrogen) atoms. The molecule has 1 heterocycles. The van der Waals surface area contributed by atoms with E-state index in [2.05, 4.69) is 22.5 Å². The summed E-state index contributed by atoms with van der Waals surface area (Å²) in [5.41, 5.74) is 1.17. The molecule has 0 bridgehead atoms. The highest BCUT2D eigenvalue weighted by atomic mass is 16.3. The summed E-state index contributed by atoms with van der Waals surface area (Å²) >= 11 is 0. The zero-order valence-corrected chi connectivity index (χ0v) is 11.7. The molecule has 0 saturated heterocycles. The third kappa shape index (κ3) is 4.45. The van der Waals surface area contributed by atoms with Gasteiger partial charge in [-0.3, -0.25) is 4.68 Å². The highest BCUT2D eigenvalue weighted by Crippen LogP contribution is 2.05. The van der Waals surface area contributed by atoms with Crippen LogP contribution >= 0.6 is 0 Å². The Balaban J connectivity index is 1.84. The van der Waals surface area contributed by atoms with Crippen molar-refractivity contribution in [3.8, 4) is 0 Å². The Kier molecular flexibility index (Phi) is 4.89. The van der Waals surface area contributed by atoms with E-state index in [0.29, 0.717) is 13.1 Å². The number of aliphatic hydroxyl groups is 2. The van der Waals surface area contributed by atoms with E-state index in [0.717, 1.165) is 12.1 Å². The maximum absolute atomic E-state index is 9.67. The summed E-state index contributed by atoms with van der Waals surface area (Å²) in [6.45, 7) is 3.04. The van der Waals surface area contributed by atoms with Crippen molar-refractivity contribution < 1.29 is 10.2 Å². The first kappa shape index (κ1) is 14.7. The topological polar surface area (TPSA) is 70.3 Å². The second-order valence-electron chi connectivity index (χ2n) is 5.29. The van der Waals surface area contributed by atoms with Crippen LogP contribution in [0.4, 0.5) is 0 Å². The smallest absolute Gasteiger partial charge is 0.0972 e. The van der Waals surface area contributed by atoms with Crippen molar-refractivity contribution in [3.63, 3.8) is 0 Å². The Morgan fingerprint density at radius 2 is 2.00 bits per heavy atom. The quantitative estimate of drug-likeness (QED) is 0.698. The molecule has 1 aromatic carbocycles. The standard InChI is InChI=1S/C15H21N3O2/c1-15(20,12-19)11-16-7-14-8-17-18(10-14)9-13-5-3-2-4-6-13/h2-6,8,10,16,19-20H,7,9,11-12H2,1H3. The number of aliphatic hydroxyl groups excluding tert-OH is 1. The van der Waals surface area contributed by atoms with Gasteiger partial charge in [-0.25, -0.2) is 0 Å². The van der Waals surface area contributed by atoms with Crippen LogP contribution in [-0.2, 0) is 13.1 Å². The lowest BCUT2D eigenvalue weighted by atomic mass is 10.1. The summed E-state index contributed by atoms with van der Waals surface area (Å²) in [6.07, 6.45) is 3.79. The van der Waals surface area contributed by atoms with Gasteiger partial charge in [-0.1, -0.05) is 30.3 Å². The number of hydrogen-bond donors (Lipinski definition) is 3. The van der Waals surface area contributed by atoms with E-state index in [1.807, 2.05) is 35.3 Å². The summed E-state index contributed by atoms with van der Waals surface area (Å²) < 4.78 is 1.89. The zero-order valence-electron chi connectivity index (χ0n) is 11.7. The van der Waals surface area contributed by atoms with Crippen molar-refractivity contribution in [2.45, 2.75) is 25.6 Å². The van der Waals surface area contributed by atoms with Crippen molar-refractivity contribution in [2.24, 2.45) is 0 Å². The van der Waals surface area contributed by atoms with Gasteiger partial charge in [0.25, 0.3) is 0 Å². The van der Waals surface area contributed by atoms with Crippen molar-refractivity contribution in [2.75, 3.05) is 13.2 Å². The van der Waals surface area contributed by atoms with Crippen LogP contribution in [0.15, 0.2) is 42.7 Å². The molecule has 0 radical (unpaired) electrons. The number of benzene rings is 1. The zero-order chi connectivity index (χ0) is 14.4. The molecule has 0 amide bonds. The molecule has 2 aromatic rings. The van der Waals surface area contributed by atoms with Crippen LogP contribution in [0.1, 0.15) is 18.1 Å². The molecule has 1 unspecified atom stereocenters. The molecule has 0 aliphatic rings. The van der Waals surface area contributed by atoms with Crippen LogP contribution in [-0.4, -0.2) is 38.7 Å². The fourth-order valence-corrected chi connectivity index (χ4v) is 1.89. The summed E-state index contributed by atoms with van der Waals surface area (Å²) in [5.74, 6) is 0. The van der Waals surface area contributed by atoms with Crippen LogP contribution in [0.3, 0.4) is 0 Å². The van der Waals surface area contributed by atoms with Gasteiger partial charge >= 0.3 is 0 Å². The molecular weight excluding hydrogens is 254 g/mol. The van der Waals surface area contributed by atoms with Crippen LogP contribution in [0.25, 0.3) is 0 Å². The summed E-state index contributed by atoms with van der Waals surface area (Å²) in [6, 6.07) is 10.2. The molecule has 5 nitrogen and oxygen atoms in total. The first-order valence-corrected chi connectivity index (χ1v) is 6.68. The van der Waals surface area contributed by atoms with Gasteiger partial charge in [0, 0.05) is 24.8 Å². The molecule has 0 aliphatic heterocycles. The average Bonchev–Trinajstić information content (AvgIpc) is 2.87. The monoisotopic (exact) mass is 275 g/mol. The van der Waals surface area contributed by atoms with Crippen molar-refractivity contribution in [1.82, 2.24) is 15.1 Å². The van der Waals surface area contributed by atoms with Crippen LogP contribution in [0, 0.1) is 0 Å². The molecule has 1 aromatic heterocycles. The van der Waals surface area contributed by atoms with E-state index in [1.165, 1.54) is 5.56 Å². The van der Waals surface area contributed by atoms with Gasteiger partial charge in [-0.05, 0) is 12.5 Å². The third-order valence-corrected chi connectivity index (χ3v) is 3.05. The minimum Gasteiger partial charge on any atom is -0.393 e. The fraction of sp³-hybridized carbons (Fsp3) is 0.400. The third-order valence-electron chi connectivity index (χ3n) is 3.05. The lowest BCUT2D eigenvalue weighted by Gasteiger charge is -2.20. The van der Waals surface area contributed by atoms with E-state index in [4.69, 9.17) is 5.11 Å². The van der Waals surface area contributed by atoms with E-state index >= 15 is 0 Å². The number of nitrogens with one attached hydrogen (secondary N) is 1. The van der Waals surface area contributed by atoms with Crippen molar-refractivity contribution in [1.29, 1.82) is 0 Å². The Hall–Kier alpha value is -1.69. The van der Waals surface area contributed by atoms with E-state index in [1.54, 1.807) is 6.92 Å². The predicted octanol–water partition coefficient (Wildman–Crippen LogP) is 0.764. The second kappa shape index (κ2) is 6.65. The highest BCUT2D eigenvalue weighted by molar-refractivity contribution is 5.15. The van der Waals surface area contributed by atoms with E-state index < -0.39 is 5.60 Å². The summed E-state index contributed by atoms with van der Waals surface area (Å²) in [4.78, 5) is 0. The predicted molar refractivity (Wildman–Crippen MR) is 77.2 cm³/mol. The summed E-state index contributed by atoms with van der Waals surface area (Å²) in [5, 5.41) is 26.0. The minimum absolute atomic E-state index is 0.257. The molecule has 2 rings (SSSR count). The largest absolute Gasteiger partial charge is 0.393 e. The summed E-state index contributed by atoms with van der Waals surface area (Å²) in [7, 11) is 0. The first-order valence-electron chi connectivity index (χ1n) is 6.68. The van der Waals surface area contributed by atoms with E-state index in [9.17, 15) is 5.11 Å². The van der Waals surface area contributed by atoms with Crippen molar-refractivity contribution >= 4 is 0 Å². The first-order chi connectivity index (χ1) is 9.59. The van der Waals surface area contributed by atoms with Gasteiger partial charge in [0.05, 0.1) is 24.9 Å². The number of nitrogens with zero attached hydrogens (tertiary/aromatic N) is 2. The maximum atomic E-state index is 9.67. The molecule has 5 heteroatoms. The van der Waals surface area contributed by atoms with Gasteiger partial charge in [0.2, 0.25) is 0 Å². The molecule has 0 saturated carbocycles. The van der Waals surface area contributed by atoms with E-state index in [-0.39, 0.29) is 6.61 Å². The van der Waals surface area contributed by atoms with Crippen LogP contribution < -0.4 is 5.32 Å².